The Balaban J connectivity index is 1.33. The number of hydrogen-bond acceptors (Lipinski definition) is 5. The number of aryl methyl sites for hydroxylation is 2. The van der Waals surface area contributed by atoms with Gasteiger partial charge in [0.1, 0.15) is 0 Å². The number of hydrogen-bond donors (Lipinski definition) is 2. The van der Waals surface area contributed by atoms with E-state index in [1.807, 2.05) is 66.6 Å². The summed E-state index contributed by atoms with van der Waals surface area (Å²) < 4.78 is 0. The topological polar surface area (TPSA) is 64.7 Å². The van der Waals surface area contributed by atoms with Gasteiger partial charge in [0.2, 0.25) is 0 Å². The van der Waals surface area contributed by atoms with Crippen molar-refractivity contribution >= 4 is 63.5 Å². The zero-order chi connectivity index (χ0) is 24.2. The van der Waals surface area contributed by atoms with Crippen LogP contribution in [0.15, 0.2) is 53.9 Å². The number of amides is 2. The van der Waals surface area contributed by atoms with E-state index in [1.54, 1.807) is 6.07 Å². The first kappa shape index (κ1) is 24.2. The second kappa shape index (κ2) is 10.5. The summed E-state index contributed by atoms with van der Waals surface area (Å²) >= 11 is 13.4. The number of thiophene rings is 1. The van der Waals surface area contributed by atoms with Crippen molar-refractivity contribution in [2.75, 3.05) is 36.4 Å². The number of thiocarbonyl (C=S) groups is 1. The number of halogens is 1. The predicted molar refractivity (Wildman–Crippen MR) is 143 cm³/mol. The molecular formula is C25H25ClN4O2S2. The molecule has 2 heterocycles. The number of anilines is 2. The summed E-state index contributed by atoms with van der Waals surface area (Å²) in [6.07, 6.45) is 0. The summed E-state index contributed by atoms with van der Waals surface area (Å²) in [6, 6.07) is 15.0. The van der Waals surface area contributed by atoms with Crippen LogP contribution in [-0.2, 0) is 0 Å². The molecule has 34 heavy (non-hydrogen) atoms. The Morgan fingerprint density at radius 3 is 2.32 bits per heavy atom. The Morgan fingerprint density at radius 1 is 1.00 bits per heavy atom. The molecule has 0 radical (unpaired) electrons. The standard InChI is InChI=1S/C25H25ClN4O2S2/c1-16-12-17(2)14-18(13-16)23(31)28-25(33)27-19-5-6-21(20(26)15-19)29-7-9-30(10-8-29)24(32)22-4-3-11-34-22/h3-6,11-15H,7-10H2,1-2H3,(H2,27,28,31,33). The SMILES string of the molecule is Cc1cc(C)cc(C(=O)NC(=S)Nc2ccc(N3CCN(C(=O)c4cccs4)CC3)c(Cl)c2)c1. The van der Waals surface area contributed by atoms with E-state index in [0.29, 0.717) is 42.5 Å². The normalized spacial score (nSPS) is 13.5. The van der Waals surface area contributed by atoms with Gasteiger partial charge in [-0.25, -0.2) is 0 Å². The predicted octanol–water partition coefficient (Wildman–Crippen LogP) is 5.11. The number of carbonyl (C=O) groups excluding carboxylic acids is 2. The lowest BCUT2D eigenvalue weighted by Gasteiger charge is -2.36. The van der Waals surface area contributed by atoms with Crippen LogP contribution in [0.25, 0.3) is 0 Å². The maximum atomic E-state index is 12.6. The highest BCUT2D eigenvalue weighted by Crippen LogP contribution is 2.30. The summed E-state index contributed by atoms with van der Waals surface area (Å²) in [5.41, 5.74) is 4.18. The summed E-state index contributed by atoms with van der Waals surface area (Å²) in [6.45, 7) is 6.59. The number of nitrogens with zero attached hydrogens (tertiary/aromatic N) is 2. The summed E-state index contributed by atoms with van der Waals surface area (Å²) in [4.78, 5) is 29.9. The van der Waals surface area contributed by atoms with Gasteiger partial charge >= 0.3 is 0 Å². The zero-order valence-electron chi connectivity index (χ0n) is 18.9. The lowest BCUT2D eigenvalue weighted by molar-refractivity contribution is 0.0751. The fraction of sp³-hybridized carbons (Fsp3) is 0.240. The highest BCUT2D eigenvalue weighted by molar-refractivity contribution is 7.80. The summed E-state index contributed by atoms with van der Waals surface area (Å²) in [5.74, 6) is -0.182. The van der Waals surface area contributed by atoms with Crippen LogP contribution in [0.1, 0.15) is 31.2 Å². The molecule has 1 aliphatic heterocycles. The molecular weight excluding hydrogens is 488 g/mol. The van der Waals surface area contributed by atoms with Crippen molar-refractivity contribution < 1.29 is 9.59 Å². The quantitative estimate of drug-likeness (QED) is 0.476. The van der Waals surface area contributed by atoms with Crippen molar-refractivity contribution in [2.45, 2.75) is 13.8 Å². The van der Waals surface area contributed by atoms with Gasteiger partial charge in [-0.2, -0.15) is 0 Å². The maximum Gasteiger partial charge on any atom is 0.264 e. The molecule has 9 heteroatoms. The highest BCUT2D eigenvalue weighted by Gasteiger charge is 2.24. The van der Waals surface area contributed by atoms with E-state index < -0.39 is 0 Å². The molecule has 1 aromatic heterocycles. The number of piperazine rings is 1. The van der Waals surface area contributed by atoms with Crippen LogP contribution in [0.4, 0.5) is 11.4 Å². The van der Waals surface area contributed by atoms with Gasteiger partial charge in [0.05, 0.1) is 15.6 Å². The minimum absolute atomic E-state index is 0.0803. The van der Waals surface area contributed by atoms with Gasteiger partial charge in [-0.15, -0.1) is 11.3 Å². The van der Waals surface area contributed by atoms with Gasteiger partial charge in [0.25, 0.3) is 11.8 Å². The second-order valence-corrected chi connectivity index (χ2v) is 9.97. The third-order valence-electron chi connectivity index (χ3n) is 5.56. The molecule has 0 aliphatic carbocycles. The van der Waals surface area contributed by atoms with Crippen molar-refractivity contribution in [3.63, 3.8) is 0 Å². The van der Waals surface area contributed by atoms with E-state index in [1.165, 1.54) is 11.3 Å². The van der Waals surface area contributed by atoms with Crippen LogP contribution >= 0.6 is 35.2 Å². The van der Waals surface area contributed by atoms with Gasteiger partial charge in [0.15, 0.2) is 5.11 Å². The molecule has 0 saturated carbocycles. The van der Waals surface area contributed by atoms with Gasteiger partial charge in [-0.1, -0.05) is 34.9 Å². The average molecular weight is 513 g/mol. The first-order chi connectivity index (χ1) is 16.3. The average Bonchev–Trinajstić information content (AvgIpc) is 3.33. The van der Waals surface area contributed by atoms with E-state index in [2.05, 4.69) is 15.5 Å². The molecule has 2 amide bonds. The van der Waals surface area contributed by atoms with Gasteiger partial charge in [-0.3, -0.25) is 14.9 Å². The van der Waals surface area contributed by atoms with E-state index in [9.17, 15) is 9.59 Å². The molecule has 4 rings (SSSR count). The van der Waals surface area contributed by atoms with Crippen molar-refractivity contribution in [1.29, 1.82) is 0 Å². The third-order valence-corrected chi connectivity index (χ3v) is 6.92. The molecule has 6 nitrogen and oxygen atoms in total. The lowest BCUT2D eigenvalue weighted by Crippen LogP contribution is -2.48. The molecule has 1 saturated heterocycles. The Labute approximate surface area is 213 Å². The first-order valence-electron chi connectivity index (χ1n) is 10.9. The number of nitrogens with one attached hydrogen (secondary N) is 2. The highest BCUT2D eigenvalue weighted by atomic mass is 35.5. The maximum absolute atomic E-state index is 12.6. The zero-order valence-corrected chi connectivity index (χ0v) is 21.3. The largest absolute Gasteiger partial charge is 0.367 e. The van der Waals surface area contributed by atoms with Crippen molar-refractivity contribution in [3.05, 3.63) is 80.5 Å². The van der Waals surface area contributed by atoms with E-state index >= 15 is 0 Å². The number of carbonyl (C=O) groups is 2. The Kier molecular flexibility index (Phi) is 7.50. The molecule has 0 spiro atoms. The molecule has 0 unspecified atom stereocenters. The van der Waals surface area contributed by atoms with E-state index in [0.717, 1.165) is 21.7 Å². The van der Waals surface area contributed by atoms with Crippen LogP contribution in [-0.4, -0.2) is 48.0 Å². The molecule has 0 bridgehead atoms. The summed E-state index contributed by atoms with van der Waals surface area (Å²) in [5, 5.41) is 8.43. The second-order valence-electron chi connectivity index (χ2n) is 8.21. The lowest BCUT2D eigenvalue weighted by atomic mass is 10.1. The van der Waals surface area contributed by atoms with Crippen LogP contribution in [0.3, 0.4) is 0 Å². The summed E-state index contributed by atoms with van der Waals surface area (Å²) in [7, 11) is 0. The van der Waals surface area contributed by atoms with E-state index in [4.69, 9.17) is 23.8 Å². The Morgan fingerprint density at radius 2 is 1.71 bits per heavy atom. The molecule has 0 atom stereocenters. The van der Waals surface area contributed by atoms with Crippen molar-refractivity contribution in [3.8, 4) is 0 Å². The number of benzene rings is 2. The molecule has 2 aromatic carbocycles. The minimum atomic E-state index is -0.262. The molecule has 3 aromatic rings. The van der Waals surface area contributed by atoms with Gasteiger partial charge < -0.3 is 15.1 Å². The third kappa shape index (κ3) is 5.75. The van der Waals surface area contributed by atoms with Crippen LogP contribution < -0.4 is 15.5 Å². The van der Waals surface area contributed by atoms with Crippen LogP contribution in [0, 0.1) is 13.8 Å². The van der Waals surface area contributed by atoms with Crippen molar-refractivity contribution in [2.24, 2.45) is 0 Å². The van der Waals surface area contributed by atoms with Gasteiger partial charge in [-0.05, 0) is 67.8 Å². The minimum Gasteiger partial charge on any atom is -0.367 e. The first-order valence-corrected chi connectivity index (χ1v) is 12.5. The van der Waals surface area contributed by atoms with Crippen LogP contribution in [0.2, 0.25) is 5.02 Å². The Bertz CT molecular complexity index is 1200. The van der Waals surface area contributed by atoms with Crippen LogP contribution in [0.5, 0.6) is 0 Å². The van der Waals surface area contributed by atoms with E-state index in [-0.39, 0.29) is 16.9 Å². The molecule has 2 N–H and O–H groups in total. The van der Waals surface area contributed by atoms with Gasteiger partial charge in [0, 0.05) is 37.4 Å². The fourth-order valence-electron chi connectivity index (χ4n) is 3.99. The smallest absolute Gasteiger partial charge is 0.264 e. The Hall–Kier alpha value is -2.94. The monoisotopic (exact) mass is 512 g/mol. The van der Waals surface area contributed by atoms with Crippen molar-refractivity contribution in [1.82, 2.24) is 10.2 Å². The molecule has 1 aliphatic rings. The number of rotatable bonds is 4. The fourth-order valence-corrected chi connectivity index (χ4v) is 5.19. The molecule has 176 valence electrons. The molecule has 1 fully saturated rings.